The second kappa shape index (κ2) is 6.51. The van der Waals surface area contributed by atoms with Gasteiger partial charge in [-0.2, -0.15) is 5.26 Å². The summed E-state index contributed by atoms with van der Waals surface area (Å²) in [5.74, 6) is -1.63. The fourth-order valence-corrected chi connectivity index (χ4v) is 1.25. The quantitative estimate of drug-likeness (QED) is 0.214. The lowest BCUT2D eigenvalue weighted by molar-refractivity contribution is -0.243. The van der Waals surface area contributed by atoms with E-state index in [-0.39, 0.29) is 12.2 Å². The first-order valence-corrected chi connectivity index (χ1v) is 5.27. The van der Waals surface area contributed by atoms with E-state index in [1.165, 1.54) is 0 Å². The molecule has 0 radical (unpaired) electrons. The van der Waals surface area contributed by atoms with Crippen LogP contribution in [0.3, 0.4) is 0 Å². The van der Waals surface area contributed by atoms with Gasteiger partial charge in [-0.15, -0.1) is 0 Å². The third-order valence-electron chi connectivity index (χ3n) is 2.13. The molecule has 0 aliphatic rings. The number of esters is 1. The van der Waals surface area contributed by atoms with Crippen LogP contribution in [0.4, 0.5) is 0 Å². The SMILES string of the molecule is CCOC(=O)/C(=N\OO)C(=O)c1ccc(C)cc1. The molecular formula is C12H13NO5. The van der Waals surface area contributed by atoms with Gasteiger partial charge in [0.1, 0.15) is 0 Å². The molecule has 0 aromatic heterocycles. The Morgan fingerprint density at radius 1 is 1.28 bits per heavy atom. The van der Waals surface area contributed by atoms with E-state index >= 15 is 0 Å². The normalized spacial score (nSPS) is 10.9. The lowest BCUT2D eigenvalue weighted by atomic mass is 10.1. The van der Waals surface area contributed by atoms with E-state index in [0.29, 0.717) is 0 Å². The minimum atomic E-state index is -0.947. The molecule has 0 atom stereocenters. The highest BCUT2D eigenvalue weighted by molar-refractivity contribution is 6.67. The molecule has 0 aliphatic heterocycles. The molecule has 0 saturated carbocycles. The van der Waals surface area contributed by atoms with Gasteiger partial charge in [0.25, 0.3) is 0 Å². The summed E-state index contributed by atoms with van der Waals surface area (Å²) in [5.41, 5.74) is 0.618. The highest BCUT2D eigenvalue weighted by atomic mass is 17.2. The first kappa shape index (κ1) is 13.9. The molecule has 1 N–H and O–H groups in total. The Hall–Kier alpha value is -2.21. The fourth-order valence-electron chi connectivity index (χ4n) is 1.25. The van der Waals surface area contributed by atoms with Crippen LogP contribution in [0.15, 0.2) is 29.4 Å². The largest absolute Gasteiger partial charge is 0.461 e. The molecule has 1 aromatic rings. The van der Waals surface area contributed by atoms with Crippen LogP contribution in [0, 0.1) is 6.92 Å². The van der Waals surface area contributed by atoms with Gasteiger partial charge in [0.2, 0.25) is 11.5 Å². The van der Waals surface area contributed by atoms with E-state index in [1.807, 2.05) is 6.92 Å². The molecule has 0 unspecified atom stereocenters. The van der Waals surface area contributed by atoms with E-state index in [1.54, 1.807) is 31.2 Å². The van der Waals surface area contributed by atoms with Gasteiger partial charge < -0.3 is 4.74 Å². The predicted molar refractivity (Wildman–Crippen MR) is 63.3 cm³/mol. The lowest BCUT2D eigenvalue weighted by Gasteiger charge is -2.04. The van der Waals surface area contributed by atoms with E-state index in [4.69, 9.17) is 5.26 Å². The van der Waals surface area contributed by atoms with Gasteiger partial charge in [-0.1, -0.05) is 29.8 Å². The number of carbonyl (C=O) groups is 2. The van der Waals surface area contributed by atoms with Crippen molar-refractivity contribution in [3.05, 3.63) is 35.4 Å². The number of nitrogens with zero attached hydrogens (tertiary/aromatic N) is 1. The van der Waals surface area contributed by atoms with Crippen LogP contribution in [0.5, 0.6) is 0 Å². The minimum Gasteiger partial charge on any atom is -0.461 e. The van der Waals surface area contributed by atoms with E-state index in [0.717, 1.165) is 5.56 Å². The van der Waals surface area contributed by atoms with Crippen molar-refractivity contribution in [2.45, 2.75) is 13.8 Å². The van der Waals surface area contributed by atoms with Crippen molar-refractivity contribution in [1.29, 1.82) is 0 Å². The maximum Gasteiger partial charge on any atom is 0.364 e. The van der Waals surface area contributed by atoms with Crippen molar-refractivity contribution >= 4 is 17.5 Å². The molecule has 0 aliphatic carbocycles. The second-order valence-corrected chi connectivity index (χ2v) is 3.44. The molecule has 0 saturated heterocycles. The second-order valence-electron chi connectivity index (χ2n) is 3.44. The van der Waals surface area contributed by atoms with Crippen LogP contribution in [0.2, 0.25) is 0 Å². The lowest BCUT2D eigenvalue weighted by Crippen LogP contribution is -2.27. The molecule has 0 spiro atoms. The van der Waals surface area contributed by atoms with E-state index in [9.17, 15) is 9.59 Å². The molecular weight excluding hydrogens is 238 g/mol. The first-order chi connectivity index (χ1) is 8.60. The Morgan fingerprint density at radius 3 is 2.39 bits per heavy atom. The van der Waals surface area contributed by atoms with Crippen molar-refractivity contribution in [3.63, 3.8) is 0 Å². The molecule has 0 amide bonds. The van der Waals surface area contributed by atoms with Crippen LogP contribution in [-0.4, -0.2) is 29.3 Å². The molecule has 0 fully saturated rings. The third-order valence-corrected chi connectivity index (χ3v) is 2.13. The van der Waals surface area contributed by atoms with E-state index < -0.39 is 17.5 Å². The van der Waals surface area contributed by atoms with Crippen LogP contribution in [-0.2, 0) is 14.5 Å². The summed E-state index contributed by atoms with van der Waals surface area (Å²) >= 11 is 0. The average molecular weight is 251 g/mol. The van der Waals surface area contributed by atoms with E-state index in [2.05, 4.69) is 14.9 Å². The maximum absolute atomic E-state index is 11.9. The van der Waals surface area contributed by atoms with Crippen molar-refractivity contribution in [2.24, 2.45) is 5.16 Å². The predicted octanol–water partition coefficient (Wildman–Crippen LogP) is 1.59. The number of hydrogen-bond donors (Lipinski definition) is 1. The van der Waals surface area contributed by atoms with Gasteiger partial charge in [-0.25, -0.2) is 9.78 Å². The molecule has 6 nitrogen and oxygen atoms in total. The van der Waals surface area contributed by atoms with Gasteiger partial charge in [0.15, 0.2) is 0 Å². The van der Waals surface area contributed by atoms with Gasteiger partial charge in [0, 0.05) is 5.56 Å². The van der Waals surface area contributed by atoms with Crippen LogP contribution < -0.4 is 0 Å². The van der Waals surface area contributed by atoms with Crippen LogP contribution in [0.1, 0.15) is 22.8 Å². The van der Waals surface area contributed by atoms with Crippen LogP contribution in [0.25, 0.3) is 0 Å². The highest BCUT2D eigenvalue weighted by Gasteiger charge is 2.24. The third kappa shape index (κ3) is 3.39. The number of ketones is 1. The summed E-state index contributed by atoms with van der Waals surface area (Å²) < 4.78 is 4.64. The molecule has 1 aromatic carbocycles. The zero-order valence-electron chi connectivity index (χ0n) is 10.0. The molecule has 1 rings (SSSR count). The highest BCUT2D eigenvalue weighted by Crippen LogP contribution is 2.06. The maximum atomic E-state index is 11.9. The topological polar surface area (TPSA) is 85.2 Å². The Kier molecular flexibility index (Phi) is 5.01. The molecule has 0 heterocycles. The Morgan fingerprint density at radius 2 is 1.89 bits per heavy atom. The number of Topliss-reactive ketones (excluding diaryl/α,β-unsaturated/α-hetero) is 1. The zero-order valence-corrected chi connectivity index (χ0v) is 10.0. The van der Waals surface area contributed by atoms with Crippen molar-refractivity contribution < 1.29 is 24.6 Å². The summed E-state index contributed by atoms with van der Waals surface area (Å²) in [4.78, 5) is 26.9. The minimum absolute atomic E-state index is 0.0878. The van der Waals surface area contributed by atoms with Gasteiger partial charge in [-0.05, 0) is 19.0 Å². The number of carbonyl (C=O) groups excluding carboxylic acids is 2. The zero-order chi connectivity index (χ0) is 13.5. The first-order valence-electron chi connectivity index (χ1n) is 5.27. The fraction of sp³-hybridized carbons (Fsp3) is 0.250. The summed E-state index contributed by atoms with van der Waals surface area (Å²) in [5, 5.41) is 11.2. The average Bonchev–Trinajstić information content (AvgIpc) is 2.36. The summed E-state index contributed by atoms with van der Waals surface area (Å²) in [6.07, 6.45) is 0. The van der Waals surface area contributed by atoms with Gasteiger partial charge in [0.05, 0.1) is 6.61 Å². The Labute approximate surface area is 104 Å². The monoisotopic (exact) mass is 251 g/mol. The number of hydrogen-bond acceptors (Lipinski definition) is 6. The van der Waals surface area contributed by atoms with Gasteiger partial charge >= 0.3 is 5.97 Å². The molecule has 18 heavy (non-hydrogen) atoms. The number of oxime groups is 1. The number of aryl methyl sites for hydroxylation is 1. The Balaban J connectivity index is 3.00. The van der Waals surface area contributed by atoms with Crippen molar-refractivity contribution in [3.8, 4) is 0 Å². The number of ether oxygens (including phenoxy) is 1. The molecule has 0 bridgehead atoms. The van der Waals surface area contributed by atoms with Crippen molar-refractivity contribution in [1.82, 2.24) is 0 Å². The molecule has 96 valence electrons. The summed E-state index contributed by atoms with van der Waals surface area (Å²) in [6, 6.07) is 6.53. The van der Waals surface area contributed by atoms with Crippen molar-refractivity contribution in [2.75, 3.05) is 6.61 Å². The summed E-state index contributed by atoms with van der Waals surface area (Å²) in [7, 11) is 0. The molecule has 6 heteroatoms. The Bertz CT molecular complexity index is 464. The summed E-state index contributed by atoms with van der Waals surface area (Å²) in [6.45, 7) is 3.54. The smallest absolute Gasteiger partial charge is 0.364 e. The van der Waals surface area contributed by atoms with Gasteiger partial charge in [-0.3, -0.25) is 4.79 Å². The number of rotatable bonds is 5. The number of benzene rings is 1. The van der Waals surface area contributed by atoms with Crippen LogP contribution >= 0.6 is 0 Å². The standard InChI is InChI=1S/C12H13NO5/c1-3-17-12(15)10(13-18-16)11(14)9-6-4-8(2)5-7-9/h4-7,16H,3H2,1-2H3/b13-10-.